The number of rotatable bonds is 5. The average Bonchev–Trinajstić information content (AvgIpc) is 2.45. The third kappa shape index (κ3) is 4.43. The molecule has 0 saturated carbocycles. The van der Waals surface area contributed by atoms with Crippen molar-refractivity contribution in [3.05, 3.63) is 11.9 Å². The summed E-state index contributed by atoms with van der Waals surface area (Å²) in [7, 11) is 0. The van der Waals surface area contributed by atoms with Gasteiger partial charge in [0.25, 0.3) is 0 Å². The summed E-state index contributed by atoms with van der Waals surface area (Å²) in [6.07, 6.45) is 0. The van der Waals surface area contributed by atoms with Gasteiger partial charge in [0.1, 0.15) is 17.5 Å². The topological polar surface area (TPSA) is 75.9 Å². The van der Waals surface area contributed by atoms with Crippen LogP contribution in [0.25, 0.3) is 0 Å². The second kappa shape index (κ2) is 7.21. The summed E-state index contributed by atoms with van der Waals surface area (Å²) in [5, 5.41) is 4.06. The summed E-state index contributed by atoms with van der Waals surface area (Å²) in [6.45, 7) is 5.09. The molecule has 19 heavy (non-hydrogen) atoms. The monoisotopic (exact) mass is 299 g/mol. The molecule has 0 spiro atoms. The number of thioether (sulfide) groups is 2. The lowest BCUT2D eigenvalue weighted by Gasteiger charge is -2.21. The van der Waals surface area contributed by atoms with Gasteiger partial charge in [-0.2, -0.15) is 23.5 Å². The zero-order valence-electron chi connectivity index (χ0n) is 11.3. The van der Waals surface area contributed by atoms with Gasteiger partial charge in [-0.25, -0.2) is 15.8 Å². The number of nitrogen functional groups attached to an aromatic ring is 1. The average molecular weight is 299 g/mol. The maximum atomic E-state index is 5.45. The van der Waals surface area contributed by atoms with Crippen LogP contribution in [0.3, 0.4) is 0 Å². The summed E-state index contributed by atoms with van der Waals surface area (Å²) in [4.78, 5) is 8.88. The van der Waals surface area contributed by atoms with E-state index in [0.29, 0.717) is 11.1 Å². The Labute approximate surface area is 122 Å². The zero-order valence-corrected chi connectivity index (χ0v) is 13.0. The van der Waals surface area contributed by atoms with Crippen LogP contribution in [-0.2, 0) is 0 Å². The molecule has 0 bridgehead atoms. The molecule has 106 valence electrons. The normalized spacial score (nSPS) is 19.5. The molecule has 4 N–H and O–H groups in total. The molecule has 0 amide bonds. The number of hydrogen-bond acceptors (Lipinski definition) is 7. The van der Waals surface area contributed by atoms with E-state index in [-0.39, 0.29) is 5.92 Å². The fourth-order valence-electron chi connectivity index (χ4n) is 1.76. The molecule has 1 aromatic rings. The van der Waals surface area contributed by atoms with Gasteiger partial charge in [0.2, 0.25) is 0 Å². The molecule has 0 radical (unpaired) electrons. The Balaban J connectivity index is 2.00. The van der Waals surface area contributed by atoms with Crippen molar-refractivity contribution < 1.29 is 0 Å². The molecule has 7 heteroatoms. The fraction of sp³-hybridized carbons (Fsp3) is 0.667. The first-order chi connectivity index (χ1) is 9.19. The molecular formula is C12H21N5S2. The highest BCUT2D eigenvalue weighted by Crippen LogP contribution is 2.24. The van der Waals surface area contributed by atoms with Crippen LogP contribution in [0.4, 0.5) is 11.6 Å². The van der Waals surface area contributed by atoms with E-state index in [1.54, 1.807) is 0 Å². The molecule has 0 aromatic carbocycles. The molecule has 1 unspecified atom stereocenters. The van der Waals surface area contributed by atoms with Gasteiger partial charge >= 0.3 is 0 Å². The third-order valence-electron chi connectivity index (χ3n) is 2.80. The Bertz CT molecular complexity index is 407. The van der Waals surface area contributed by atoms with Gasteiger partial charge in [0, 0.05) is 41.0 Å². The van der Waals surface area contributed by atoms with Crippen LogP contribution in [0.15, 0.2) is 6.07 Å². The first-order valence-electron chi connectivity index (χ1n) is 6.48. The molecule has 1 saturated heterocycles. The van der Waals surface area contributed by atoms with Crippen molar-refractivity contribution in [1.82, 2.24) is 9.97 Å². The lowest BCUT2D eigenvalue weighted by molar-refractivity contribution is 0.775. The highest BCUT2D eigenvalue weighted by Gasteiger charge is 2.15. The van der Waals surface area contributed by atoms with Crippen molar-refractivity contribution in [2.45, 2.75) is 25.0 Å². The summed E-state index contributed by atoms with van der Waals surface area (Å²) in [5.41, 5.74) is 2.60. The number of nitrogens with zero attached hydrogens (tertiary/aromatic N) is 2. The highest BCUT2D eigenvalue weighted by molar-refractivity contribution is 8.06. The molecule has 1 atom stereocenters. The first-order valence-corrected chi connectivity index (χ1v) is 8.68. The maximum absolute atomic E-state index is 5.45. The van der Waals surface area contributed by atoms with Crippen LogP contribution in [-0.4, -0.2) is 39.0 Å². The highest BCUT2D eigenvalue weighted by atomic mass is 32.2. The van der Waals surface area contributed by atoms with Gasteiger partial charge in [-0.3, -0.25) is 0 Å². The van der Waals surface area contributed by atoms with Crippen molar-refractivity contribution in [1.29, 1.82) is 0 Å². The van der Waals surface area contributed by atoms with E-state index in [4.69, 9.17) is 5.84 Å². The third-order valence-corrected chi connectivity index (χ3v) is 5.65. The summed E-state index contributed by atoms with van der Waals surface area (Å²) in [6, 6.07) is 1.85. The summed E-state index contributed by atoms with van der Waals surface area (Å²) >= 11 is 4.06. The molecule has 2 rings (SSSR count). The van der Waals surface area contributed by atoms with Gasteiger partial charge in [0.05, 0.1) is 0 Å². The predicted molar refractivity (Wildman–Crippen MR) is 86.0 cm³/mol. The van der Waals surface area contributed by atoms with Crippen LogP contribution in [0, 0.1) is 0 Å². The van der Waals surface area contributed by atoms with E-state index < -0.39 is 0 Å². The molecule has 1 fully saturated rings. The number of hydrazine groups is 1. The van der Waals surface area contributed by atoms with Gasteiger partial charge < -0.3 is 10.7 Å². The van der Waals surface area contributed by atoms with Gasteiger partial charge in [-0.15, -0.1) is 0 Å². The number of nitrogens with one attached hydrogen (secondary N) is 2. The van der Waals surface area contributed by atoms with Crippen molar-refractivity contribution >= 4 is 35.2 Å². The summed E-state index contributed by atoms with van der Waals surface area (Å²) < 4.78 is 0. The lowest BCUT2D eigenvalue weighted by Crippen LogP contribution is -2.24. The minimum absolute atomic E-state index is 0.286. The van der Waals surface area contributed by atoms with Crippen molar-refractivity contribution in [2.75, 3.05) is 34.5 Å². The standard InChI is InChI=1S/C12H21N5S2/c1-8(2)12-15-10(5-11(16-12)17-13)14-6-9-7-18-3-4-19-9/h5,8-9H,3-4,6-7,13H2,1-2H3,(H2,14,15,16,17). The van der Waals surface area contributed by atoms with E-state index in [0.717, 1.165) is 18.2 Å². The number of anilines is 2. The smallest absolute Gasteiger partial charge is 0.145 e. The lowest BCUT2D eigenvalue weighted by atomic mass is 10.2. The molecule has 0 aliphatic carbocycles. The fourth-order valence-corrected chi connectivity index (χ4v) is 4.37. The summed E-state index contributed by atoms with van der Waals surface area (Å²) in [5.74, 6) is 11.8. The Morgan fingerprint density at radius 2 is 2.16 bits per heavy atom. The van der Waals surface area contributed by atoms with Crippen LogP contribution < -0.4 is 16.6 Å². The molecule has 1 aliphatic rings. The minimum Gasteiger partial charge on any atom is -0.369 e. The van der Waals surface area contributed by atoms with Crippen molar-refractivity contribution in [2.24, 2.45) is 5.84 Å². The second-order valence-corrected chi connectivity index (χ2v) is 7.30. The van der Waals surface area contributed by atoms with Crippen molar-refractivity contribution in [3.63, 3.8) is 0 Å². The first kappa shape index (κ1) is 14.7. The van der Waals surface area contributed by atoms with E-state index in [1.165, 1.54) is 17.3 Å². The number of hydrogen-bond donors (Lipinski definition) is 3. The predicted octanol–water partition coefficient (Wildman–Crippen LogP) is 2.15. The Morgan fingerprint density at radius 1 is 1.37 bits per heavy atom. The Hall–Kier alpha value is -0.660. The van der Waals surface area contributed by atoms with Crippen LogP contribution >= 0.6 is 23.5 Å². The Kier molecular flexibility index (Phi) is 5.59. The molecule has 2 heterocycles. The van der Waals surface area contributed by atoms with E-state index in [9.17, 15) is 0 Å². The van der Waals surface area contributed by atoms with Gasteiger partial charge in [-0.05, 0) is 0 Å². The van der Waals surface area contributed by atoms with Crippen LogP contribution in [0.5, 0.6) is 0 Å². The quantitative estimate of drug-likeness (QED) is 0.568. The van der Waals surface area contributed by atoms with E-state index >= 15 is 0 Å². The molecular weight excluding hydrogens is 278 g/mol. The SMILES string of the molecule is CC(C)c1nc(NN)cc(NCC2CSCCS2)n1. The Morgan fingerprint density at radius 3 is 2.79 bits per heavy atom. The van der Waals surface area contributed by atoms with Gasteiger partial charge in [-0.1, -0.05) is 13.8 Å². The zero-order chi connectivity index (χ0) is 13.7. The largest absolute Gasteiger partial charge is 0.369 e. The van der Waals surface area contributed by atoms with Crippen LogP contribution in [0.1, 0.15) is 25.6 Å². The van der Waals surface area contributed by atoms with Gasteiger partial charge in [0.15, 0.2) is 0 Å². The van der Waals surface area contributed by atoms with Crippen LogP contribution in [0.2, 0.25) is 0 Å². The second-order valence-electron chi connectivity index (χ2n) is 4.74. The number of nitrogens with two attached hydrogens (primary N) is 1. The molecule has 1 aliphatic heterocycles. The van der Waals surface area contributed by atoms with E-state index in [1.807, 2.05) is 29.6 Å². The van der Waals surface area contributed by atoms with E-state index in [2.05, 4.69) is 34.6 Å². The van der Waals surface area contributed by atoms with Crippen molar-refractivity contribution in [3.8, 4) is 0 Å². The number of aromatic nitrogens is 2. The molecule has 1 aromatic heterocycles. The maximum Gasteiger partial charge on any atom is 0.145 e. The minimum atomic E-state index is 0.286. The molecule has 5 nitrogen and oxygen atoms in total.